The lowest BCUT2D eigenvalue weighted by atomic mass is 10.0. The fraction of sp³-hybridized carbons (Fsp3) is 0.455. The van der Waals surface area contributed by atoms with Crippen molar-refractivity contribution in [1.82, 2.24) is 0 Å². The molecule has 2 nitrogen and oxygen atoms in total. The van der Waals surface area contributed by atoms with Crippen LogP contribution in [0.3, 0.4) is 0 Å². The molecule has 0 aliphatic rings. The van der Waals surface area contributed by atoms with E-state index in [1.807, 2.05) is 0 Å². The van der Waals surface area contributed by atoms with Gasteiger partial charge >= 0.3 is 5.25 Å². The maximum absolute atomic E-state index is 13.0. The third-order valence-electron chi connectivity index (χ3n) is 2.38. The molecule has 0 N–H and O–H groups in total. The molecule has 0 heterocycles. The SMILES string of the molecule is CC(C)c1cccc(S(=O)(=O)C(F)(F)CF)c1. The zero-order chi connectivity index (χ0) is 13.3. The van der Waals surface area contributed by atoms with Crippen LogP contribution in [0.1, 0.15) is 25.3 Å². The van der Waals surface area contributed by atoms with Crippen molar-refractivity contribution in [3.8, 4) is 0 Å². The summed E-state index contributed by atoms with van der Waals surface area (Å²) in [6.45, 7) is 1.39. The van der Waals surface area contributed by atoms with Gasteiger partial charge in [0.05, 0.1) is 4.90 Å². The second-order valence-electron chi connectivity index (χ2n) is 4.00. The third-order valence-corrected chi connectivity index (χ3v) is 4.15. The van der Waals surface area contributed by atoms with Crippen LogP contribution in [-0.2, 0) is 9.84 Å². The molecule has 1 rings (SSSR count). The topological polar surface area (TPSA) is 34.1 Å². The van der Waals surface area contributed by atoms with Gasteiger partial charge in [-0.3, -0.25) is 0 Å². The molecule has 17 heavy (non-hydrogen) atoms. The van der Waals surface area contributed by atoms with E-state index in [0.29, 0.717) is 5.56 Å². The summed E-state index contributed by atoms with van der Waals surface area (Å²) in [5, 5.41) is -4.37. The van der Waals surface area contributed by atoms with Gasteiger partial charge in [0.25, 0.3) is 0 Å². The minimum atomic E-state index is -4.95. The second-order valence-corrected chi connectivity index (χ2v) is 6.08. The van der Waals surface area contributed by atoms with Gasteiger partial charge in [-0.2, -0.15) is 8.78 Å². The van der Waals surface area contributed by atoms with Crippen molar-refractivity contribution >= 4 is 9.84 Å². The number of hydrogen-bond donors (Lipinski definition) is 0. The van der Waals surface area contributed by atoms with Gasteiger partial charge in [-0.15, -0.1) is 0 Å². The average molecular weight is 266 g/mol. The highest BCUT2D eigenvalue weighted by Gasteiger charge is 2.46. The number of benzene rings is 1. The van der Waals surface area contributed by atoms with Crippen molar-refractivity contribution in [2.75, 3.05) is 6.67 Å². The van der Waals surface area contributed by atoms with Gasteiger partial charge < -0.3 is 0 Å². The fourth-order valence-electron chi connectivity index (χ4n) is 1.29. The minimum Gasteiger partial charge on any atom is -0.243 e. The van der Waals surface area contributed by atoms with Crippen LogP contribution in [0.15, 0.2) is 29.2 Å². The Balaban J connectivity index is 3.30. The highest BCUT2D eigenvalue weighted by Crippen LogP contribution is 2.30. The van der Waals surface area contributed by atoms with E-state index in [0.717, 1.165) is 12.1 Å². The first kappa shape index (κ1) is 14.0. The van der Waals surface area contributed by atoms with E-state index in [4.69, 9.17) is 0 Å². The molecule has 0 aromatic heterocycles. The molecular weight excluding hydrogens is 253 g/mol. The van der Waals surface area contributed by atoms with Gasteiger partial charge in [0.15, 0.2) is 6.67 Å². The number of sulfone groups is 1. The fourth-order valence-corrected chi connectivity index (χ4v) is 2.32. The van der Waals surface area contributed by atoms with Crippen molar-refractivity contribution < 1.29 is 21.6 Å². The van der Waals surface area contributed by atoms with Crippen molar-refractivity contribution in [2.24, 2.45) is 0 Å². The number of halogens is 3. The molecule has 1 aromatic carbocycles. The van der Waals surface area contributed by atoms with Gasteiger partial charge in [-0.05, 0) is 23.6 Å². The van der Waals surface area contributed by atoms with E-state index in [9.17, 15) is 21.6 Å². The molecule has 0 radical (unpaired) electrons. The predicted molar refractivity (Wildman–Crippen MR) is 58.6 cm³/mol. The van der Waals surface area contributed by atoms with Gasteiger partial charge in [0.1, 0.15) is 0 Å². The largest absolute Gasteiger partial charge is 0.377 e. The molecule has 1 aromatic rings. The maximum Gasteiger partial charge on any atom is 0.377 e. The zero-order valence-corrected chi connectivity index (χ0v) is 10.3. The quantitative estimate of drug-likeness (QED) is 0.839. The minimum absolute atomic E-state index is 0.00384. The lowest BCUT2D eigenvalue weighted by molar-refractivity contribution is 0.0620. The van der Waals surface area contributed by atoms with Crippen LogP contribution in [0, 0.1) is 0 Å². The Labute approximate surface area is 98.4 Å². The van der Waals surface area contributed by atoms with E-state index in [1.165, 1.54) is 6.07 Å². The molecule has 0 unspecified atom stereocenters. The molecule has 96 valence electrons. The van der Waals surface area contributed by atoms with Crippen molar-refractivity contribution in [3.05, 3.63) is 29.8 Å². The van der Waals surface area contributed by atoms with Gasteiger partial charge in [-0.1, -0.05) is 26.0 Å². The van der Waals surface area contributed by atoms with E-state index < -0.39 is 26.7 Å². The lowest BCUT2D eigenvalue weighted by Crippen LogP contribution is -2.31. The second kappa shape index (κ2) is 4.68. The Morgan fingerprint density at radius 1 is 1.29 bits per heavy atom. The van der Waals surface area contributed by atoms with E-state index in [1.54, 1.807) is 19.9 Å². The Morgan fingerprint density at radius 2 is 1.88 bits per heavy atom. The molecule has 0 saturated heterocycles. The summed E-state index contributed by atoms with van der Waals surface area (Å²) in [7, 11) is -4.95. The first-order valence-electron chi connectivity index (χ1n) is 5.01. The van der Waals surface area contributed by atoms with E-state index >= 15 is 0 Å². The maximum atomic E-state index is 13.0. The number of hydrogen-bond acceptors (Lipinski definition) is 2. The Morgan fingerprint density at radius 3 is 2.35 bits per heavy atom. The molecule has 0 bridgehead atoms. The van der Waals surface area contributed by atoms with Gasteiger partial charge in [0, 0.05) is 0 Å². The molecule has 6 heteroatoms. The van der Waals surface area contributed by atoms with Crippen molar-refractivity contribution in [2.45, 2.75) is 29.9 Å². The summed E-state index contributed by atoms with van der Waals surface area (Å²) < 4.78 is 61.0. The standard InChI is InChI=1S/C11H13F3O2S/c1-8(2)9-4-3-5-10(6-9)17(15,16)11(13,14)7-12/h3-6,8H,7H2,1-2H3. The molecule has 0 amide bonds. The Bertz CT molecular complexity index is 495. The van der Waals surface area contributed by atoms with Crippen LogP contribution >= 0.6 is 0 Å². The predicted octanol–water partition coefficient (Wildman–Crippen LogP) is 3.15. The highest BCUT2D eigenvalue weighted by atomic mass is 32.2. The highest BCUT2D eigenvalue weighted by molar-refractivity contribution is 7.92. The van der Waals surface area contributed by atoms with Gasteiger partial charge in [-0.25, -0.2) is 12.8 Å². The van der Waals surface area contributed by atoms with Gasteiger partial charge in [0.2, 0.25) is 9.84 Å². The summed E-state index contributed by atoms with van der Waals surface area (Å²) in [5.41, 5.74) is 0.612. The number of alkyl halides is 3. The Kier molecular flexibility index (Phi) is 3.86. The summed E-state index contributed by atoms with van der Waals surface area (Å²) in [6.07, 6.45) is 0. The van der Waals surface area contributed by atoms with Crippen LogP contribution in [0.2, 0.25) is 0 Å². The van der Waals surface area contributed by atoms with Crippen LogP contribution in [0.25, 0.3) is 0 Å². The van der Waals surface area contributed by atoms with Crippen molar-refractivity contribution in [1.29, 1.82) is 0 Å². The molecule has 0 atom stereocenters. The molecule has 0 saturated carbocycles. The molecule has 0 spiro atoms. The van der Waals surface area contributed by atoms with Crippen LogP contribution in [0.4, 0.5) is 13.2 Å². The summed E-state index contributed by atoms with van der Waals surface area (Å²) in [5.74, 6) is 0.00384. The summed E-state index contributed by atoms with van der Waals surface area (Å²) in [6, 6.07) is 5.21. The monoisotopic (exact) mass is 266 g/mol. The Hall–Kier alpha value is -1.04. The molecular formula is C11H13F3O2S. The van der Waals surface area contributed by atoms with E-state index in [2.05, 4.69) is 0 Å². The molecule has 0 aliphatic heterocycles. The summed E-state index contributed by atoms with van der Waals surface area (Å²) >= 11 is 0. The normalized spacial score (nSPS) is 13.1. The molecule has 0 aliphatic carbocycles. The van der Waals surface area contributed by atoms with Crippen LogP contribution in [0.5, 0.6) is 0 Å². The van der Waals surface area contributed by atoms with Crippen LogP contribution in [-0.4, -0.2) is 20.3 Å². The smallest absolute Gasteiger partial charge is 0.243 e. The average Bonchev–Trinajstić information content (AvgIpc) is 2.28. The van der Waals surface area contributed by atoms with Crippen molar-refractivity contribution in [3.63, 3.8) is 0 Å². The lowest BCUT2D eigenvalue weighted by Gasteiger charge is -2.14. The third kappa shape index (κ3) is 2.62. The first-order valence-corrected chi connectivity index (χ1v) is 6.49. The first-order chi connectivity index (χ1) is 7.72. The van der Waals surface area contributed by atoms with E-state index in [-0.39, 0.29) is 5.92 Å². The number of rotatable bonds is 4. The summed E-state index contributed by atoms with van der Waals surface area (Å²) in [4.78, 5) is -0.550. The van der Waals surface area contributed by atoms with Crippen LogP contribution < -0.4 is 0 Å². The molecule has 0 fully saturated rings. The zero-order valence-electron chi connectivity index (χ0n) is 9.45.